The normalized spacial score (nSPS) is 12.8. The van der Waals surface area contributed by atoms with Crippen molar-refractivity contribution < 1.29 is 0 Å². The summed E-state index contributed by atoms with van der Waals surface area (Å²) in [5.41, 5.74) is 1.35. The van der Waals surface area contributed by atoms with Gasteiger partial charge in [-0.05, 0) is 31.0 Å². The molecule has 2 rings (SSSR count). The third-order valence-electron chi connectivity index (χ3n) is 3.35. The molecule has 2 aromatic heterocycles. The van der Waals surface area contributed by atoms with E-state index in [1.165, 1.54) is 5.56 Å². The Labute approximate surface area is 114 Å². The Morgan fingerprint density at radius 2 is 2.21 bits per heavy atom. The molecule has 1 atom stereocenters. The fraction of sp³-hybridized carbons (Fsp3) is 0.571. The lowest BCUT2D eigenvalue weighted by Gasteiger charge is -2.15. The van der Waals surface area contributed by atoms with E-state index in [-0.39, 0.29) is 0 Å². The number of nitrogens with one attached hydrogen (secondary N) is 1. The first-order valence-electron chi connectivity index (χ1n) is 6.96. The Balaban J connectivity index is 2.03. The summed E-state index contributed by atoms with van der Waals surface area (Å²) in [7, 11) is 1.92. The zero-order valence-electron chi connectivity index (χ0n) is 12.0. The molecule has 19 heavy (non-hydrogen) atoms. The highest BCUT2D eigenvalue weighted by atomic mass is 15.3. The number of nitrogens with zero attached hydrogens (tertiary/aromatic N) is 4. The molecule has 0 radical (unpaired) electrons. The minimum Gasteiger partial charge on any atom is -0.346 e. The maximum absolute atomic E-state index is 4.25. The predicted molar refractivity (Wildman–Crippen MR) is 75.9 cm³/mol. The van der Waals surface area contributed by atoms with Gasteiger partial charge in [0, 0.05) is 25.5 Å². The molecule has 0 spiro atoms. The van der Waals surface area contributed by atoms with Crippen LogP contribution in [0.15, 0.2) is 24.8 Å². The van der Waals surface area contributed by atoms with Crippen LogP contribution < -0.4 is 5.32 Å². The van der Waals surface area contributed by atoms with Crippen LogP contribution in [0.5, 0.6) is 0 Å². The molecule has 2 heterocycles. The first-order chi connectivity index (χ1) is 9.24. The van der Waals surface area contributed by atoms with Crippen molar-refractivity contribution in [2.75, 3.05) is 6.54 Å². The first kappa shape index (κ1) is 13.8. The average molecular weight is 261 g/mol. The van der Waals surface area contributed by atoms with E-state index in [0.717, 1.165) is 31.8 Å². The maximum atomic E-state index is 4.25. The molecule has 0 aliphatic rings. The Morgan fingerprint density at radius 1 is 1.37 bits per heavy atom. The summed E-state index contributed by atoms with van der Waals surface area (Å²) in [6, 6.07) is 2.63. The van der Waals surface area contributed by atoms with Gasteiger partial charge in [0.05, 0.1) is 6.54 Å². The van der Waals surface area contributed by atoms with Gasteiger partial charge in [0.1, 0.15) is 12.2 Å². The molecular formula is C14H23N5. The molecule has 104 valence electrons. The van der Waals surface area contributed by atoms with Gasteiger partial charge in [-0.25, -0.2) is 4.98 Å². The van der Waals surface area contributed by atoms with Crippen molar-refractivity contribution in [2.24, 2.45) is 7.05 Å². The van der Waals surface area contributed by atoms with Crippen LogP contribution in [0.4, 0.5) is 0 Å². The molecule has 0 fully saturated rings. The Hall–Kier alpha value is -1.62. The molecule has 0 bridgehead atoms. The number of hydrogen-bond donors (Lipinski definition) is 1. The average Bonchev–Trinajstić information content (AvgIpc) is 3.02. The smallest absolute Gasteiger partial charge is 0.146 e. The second kappa shape index (κ2) is 6.52. The van der Waals surface area contributed by atoms with E-state index in [1.807, 2.05) is 11.7 Å². The Morgan fingerprint density at radius 3 is 2.84 bits per heavy atom. The largest absolute Gasteiger partial charge is 0.346 e. The molecule has 1 unspecified atom stereocenters. The van der Waals surface area contributed by atoms with E-state index in [0.29, 0.717) is 6.04 Å². The molecule has 0 aliphatic carbocycles. The minimum absolute atomic E-state index is 0.445. The molecule has 0 saturated carbocycles. The van der Waals surface area contributed by atoms with Gasteiger partial charge >= 0.3 is 0 Å². The highest BCUT2D eigenvalue weighted by Crippen LogP contribution is 2.17. The summed E-state index contributed by atoms with van der Waals surface area (Å²) in [6.07, 6.45) is 8.17. The second-order valence-electron chi connectivity index (χ2n) is 4.83. The van der Waals surface area contributed by atoms with Gasteiger partial charge in [-0.3, -0.25) is 4.68 Å². The van der Waals surface area contributed by atoms with Gasteiger partial charge in [0.25, 0.3) is 0 Å². The van der Waals surface area contributed by atoms with Crippen LogP contribution in [0, 0.1) is 0 Å². The van der Waals surface area contributed by atoms with Gasteiger partial charge in [0.2, 0.25) is 0 Å². The second-order valence-corrected chi connectivity index (χ2v) is 4.83. The zero-order valence-corrected chi connectivity index (χ0v) is 12.0. The molecular weight excluding hydrogens is 238 g/mol. The van der Waals surface area contributed by atoms with Crippen LogP contribution in [0.1, 0.15) is 44.1 Å². The van der Waals surface area contributed by atoms with Crippen LogP contribution in [-0.4, -0.2) is 25.9 Å². The lowest BCUT2D eigenvalue weighted by molar-refractivity contribution is 0.517. The Bertz CT molecular complexity index is 499. The molecule has 2 aromatic rings. The lowest BCUT2D eigenvalue weighted by Crippen LogP contribution is -2.21. The summed E-state index contributed by atoms with van der Waals surface area (Å²) in [6.45, 7) is 6.24. The van der Waals surface area contributed by atoms with Gasteiger partial charge in [-0.2, -0.15) is 5.10 Å². The summed E-state index contributed by atoms with van der Waals surface area (Å²) < 4.78 is 3.97. The van der Waals surface area contributed by atoms with Crippen molar-refractivity contribution in [1.29, 1.82) is 0 Å². The van der Waals surface area contributed by atoms with Gasteiger partial charge < -0.3 is 9.88 Å². The van der Waals surface area contributed by atoms with Crippen molar-refractivity contribution >= 4 is 0 Å². The molecule has 5 nitrogen and oxygen atoms in total. The van der Waals surface area contributed by atoms with E-state index in [2.05, 4.69) is 52.3 Å². The minimum atomic E-state index is 0.445. The van der Waals surface area contributed by atoms with Crippen molar-refractivity contribution in [3.63, 3.8) is 0 Å². The number of rotatable bonds is 7. The highest BCUT2D eigenvalue weighted by Gasteiger charge is 2.10. The third kappa shape index (κ3) is 3.44. The fourth-order valence-corrected chi connectivity index (χ4v) is 2.21. The van der Waals surface area contributed by atoms with Crippen LogP contribution >= 0.6 is 0 Å². The molecule has 5 heteroatoms. The number of aryl methyl sites for hydroxylation is 1. The molecule has 1 N–H and O–H groups in total. The molecule has 0 amide bonds. The SMILES string of the molecule is CCCNC(CC)c1ccn(Cc2ncnn2C)c1. The quantitative estimate of drug-likeness (QED) is 0.830. The van der Waals surface area contributed by atoms with E-state index in [4.69, 9.17) is 0 Å². The topological polar surface area (TPSA) is 47.7 Å². The van der Waals surface area contributed by atoms with Gasteiger partial charge in [-0.1, -0.05) is 13.8 Å². The lowest BCUT2D eigenvalue weighted by atomic mass is 10.1. The summed E-state index contributed by atoms with van der Waals surface area (Å²) in [5.74, 6) is 0.969. The van der Waals surface area contributed by atoms with Crippen molar-refractivity contribution in [3.8, 4) is 0 Å². The predicted octanol–water partition coefficient (Wildman–Crippen LogP) is 2.12. The Kier molecular flexibility index (Phi) is 4.74. The van der Waals surface area contributed by atoms with Crippen LogP contribution in [-0.2, 0) is 13.6 Å². The first-order valence-corrected chi connectivity index (χ1v) is 6.96. The summed E-state index contributed by atoms with van der Waals surface area (Å²) in [4.78, 5) is 4.25. The third-order valence-corrected chi connectivity index (χ3v) is 3.35. The van der Waals surface area contributed by atoms with E-state index < -0.39 is 0 Å². The van der Waals surface area contributed by atoms with Gasteiger partial charge in [-0.15, -0.1) is 0 Å². The summed E-state index contributed by atoms with van der Waals surface area (Å²) in [5, 5.41) is 7.66. The van der Waals surface area contributed by atoms with Gasteiger partial charge in [0.15, 0.2) is 0 Å². The number of aromatic nitrogens is 4. The van der Waals surface area contributed by atoms with Crippen LogP contribution in [0.2, 0.25) is 0 Å². The number of hydrogen-bond acceptors (Lipinski definition) is 3. The highest BCUT2D eigenvalue weighted by molar-refractivity contribution is 5.16. The zero-order chi connectivity index (χ0) is 13.7. The van der Waals surface area contributed by atoms with Crippen molar-refractivity contribution in [1.82, 2.24) is 24.6 Å². The van der Waals surface area contributed by atoms with Crippen molar-refractivity contribution in [3.05, 3.63) is 36.2 Å². The maximum Gasteiger partial charge on any atom is 0.146 e. The van der Waals surface area contributed by atoms with Crippen LogP contribution in [0.25, 0.3) is 0 Å². The molecule has 0 saturated heterocycles. The standard InChI is InChI=1S/C14H23N5/c1-4-7-15-13(5-2)12-6-8-19(9-12)10-14-16-11-17-18(14)3/h6,8-9,11,13,15H,4-5,7,10H2,1-3H3. The fourth-order valence-electron chi connectivity index (χ4n) is 2.21. The molecule has 0 aromatic carbocycles. The van der Waals surface area contributed by atoms with Crippen LogP contribution in [0.3, 0.4) is 0 Å². The molecule has 0 aliphatic heterocycles. The van der Waals surface area contributed by atoms with Crippen molar-refractivity contribution in [2.45, 2.75) is 39.3 Å². The van der Waals surface area contributed by atoms with E-state index in [1.54, 1.807) is 6.33 Å². The monoisotopic (exact) mass is 261 g/mol. The van der Waals surface area contributed by atoms with E-state index >= 15 is 0 Å². The summed E-state index contributed by atoms with van der Waals surface area (Å²) >= 11 is 0. The van der Waals surface area contributed by atoms with E-state index in [9.17, 15) is 0 Å².